The normalized spacial score (nSPS) is 25.0. The zero-order valence-electron chi connectivity index (χ0n) is 10.5. The van der Waals surface area contributed by atoms with Crippen LogP contribution in [0.4, 0.5) is 0 Å². The Morgan fingerprint density at radius 1 is 1.19 bits per heavy atom. The number of nitrogens with zero attached hydrogens (tertiary/aromatic N) is 2. The summed E-state index contributed by atoms with van der Waals surface area (Å²) in [5.41, 5.74) is 0. The fraction of sp³-hybridized carbons (Fsp3) is 1.00. The number of rotatable bonds is 8. The smallest absolute Gasteiger partial charge is 0.149 e. The lowest BCUT2D eigenvalue weighted by Gasteiger charge is -2.15. The van der Waals surface area contributed by atoms with E-state index in [0.29, 0.717) is 6.54 Å². The van der Waals surface area contributed by atoms with E-state index in [2.05, 4.69) is 19.1 Å². The van der Waals surface area contributed by atoms with Gasteiger partial charge in [-0.25, -0.2) is 5.01 Å². The molecule has 4 heteroatoms. The van der Waals surface area contributed by atoms with Gasteiger partial charge in [0, 0.05) is 0 Å². The van der Waals surface area contributed by atoms with Gasteiger partial charge in [0.05, 0.1) is 17.9 Å². The van der Waals surface area contributed by atoms with Gasteiger partial charge in [0.15, 0.2) is 0 Å². The molecule has 0 bridgehead atoms. The molecular weight excluding hydrogens is 204 g/mol. The Balaban J connectivity index is 2.29. The van der Waals surface area contributed by atoms with Gasteiger partial charge in [-0.15, -0.1) is 4.91 Å². The summed E-state index contributed by atoms with van der Waals surface area (Å²) in [6.45, 7) is 5.03. The molecule has 2 atom stereocenters. The predicted octanol–water partition coefficient (Wildman–Crippen LogP) is 3.47. The van der Waals surface area contributed by atoms with Crippen molar-refractivity contribution in [3.63, 3.8) is 0 Å². The molecule has 2 unspecified atom stereocenters. The minimum Gasteiger partial charge on any atom is -0.352 e. The van der Waals surface area contributed by atoms with E-state index in [4.69, 9.17) is 4.74 Å². The van der Waals surface area contributed by atoms with E-state index in [1.807, 2.05) is 0 Å². The molecule has 0 aromatic rings. The summed E-state index contributed by atoms with van der Waals surface area (Å²) in [6.07, 6.45) is 7.98. The van der Waals surface area contributed by atoms with Crippen molar-refractivity contribution in [2.24, 2.45) is 5.29 Å². The maximum Gasteiger partial charge on any atom is 0.149 e. The van der Waals surface area contributed by atoms with Crippen LogP contribution in [0.1, 0.15) is 58.8 Å². The van der Waals surface area contributed by atoms with Crippen molar-refractivity contribution < 1.29 is 4.74 Å². The van der Waals surface area contributed by atoms with Crippen molar-refractivity contribution >= 4 is 0 Å². The third kappa shape index (κ3) is 4.08. The van der Waals surface area contributed by atoms with Gasteiger partial charge in [-0.1, -0.05) is 39.5 Å². The van der Waals surface area contributed by atoms with Crippen LogP contribution in [0.2, 0.25) is 0 Å². The van der Waals surface area contributed by atoms with Crippen LogP contribution in [0.5, 0.6) is 0 Å². The van der Waals surface area contributed by atoms with Gasteiger partial charge in [0.2, 0.25) is 0 Å². The van der Waals surface area contributed by atoms with E-state index < -0.39 is 0 Å². The largest absolute Gasteiger partial charge is 0.352 e. The molecule has 16 heavy (non-hydrogen) atoms. The number of hydrogen-bond acceptors (Lipinski definition) is 3. The second-order valence-corrected chi connectivity index (χ2v) is 4.55. The molecule has 1 saturated heterocycles. The van der Waals surface area contributed by atoms with Crippen molar-refractivity contribution in [2.75, 3.05) is 6.54 Å². The molecule has 0 radical (unpaired) electrons. The minimum absolute atomic E-state index is 0.0640. The van der Waals surface area contributed by atoms with E-state index in [1.54, 1.807) is 5.01 Å². The molecule has 0 aliphatic carbocycles. The minimum atomic E-state index is -0.0640. The molecule has 1 fully saturated rings. The second-order valence-electron chi connectivity index (χ2n) is 4.55. The van der Waals surface area contributed by atoms with Gasteiger partial charge in [-0.3, -0.25) is 0 Å². The van der Waals surface area contributed by atoms with Crippen molar-refractivity contribution in [3.05, 3.63) is 4.91 Å². The molecule has 0 aromatic heterocycles. The molecule has 4 nitrogen and oxygen atoms in total. The third-order valence-corrected chi connectivity index (χ3v) is 3.11. The van der Waals surface area contributed by atoms with Gasteiger partial charge >= 0.3 is 0 Å². The van der Waals surface area contributed by atoms with Crippen LogP contribution >= 0.6 is 0 Å². The number of ether oxygens (including phenoxy) is 1. The van der Waals surface area contributed by atoms with Crippen LogP contribution in [0.25, 0.3) is 0 Å². The Labute approximate surface area is 98.3 Å². The van der Waals surface area contributed by atoms with E-state index in [0.717, 1.165) is 19.3 Å². The first-order chi connectivity index (χ1) is 7.81. The molecule has 0 saturated carbocycles. The monoisotopic (exact) mass is 228 g/mol. The summed E-state index contributed by atoms with van der Waals surface area (Å²) < 4.78 is 5.85. The topological polar surface area (TPSA) is 41.9 Å². The van der Waals surface area contributed by atoms with Crippen LogP contribution in [0.3, 0.4) is 0 Å². The molecule has 1 aliphatic heterocycles. The summed E-state index contributed by atoms with van der Waals surface area (Å²) in [5, 5.41) is 4.64. The maximum absolute atomic E-state index is 10.7. The lowest BCUT2D eigenvalue weighted by Crippen LogP contribution is -2.24. The Morgan fingerprint density at radius 2 is 1.94 bits per heavy atom. The Morgan fingerprint density at radius 3 is 2.56 bits per heavy atom. The number of unbranched alkanes of at least 4 members (excludes halogenated alkanes) is 3. The Bertz CT molecular complexity index is 199. The van der Waals surface area contributed by atoms with Gasteiger partial charge < -0.3 is 4.74 Å². The third-order valence-electron chi connectivity index (χ3n) is 3.11. The zero-order valence-corrected chi connectivity index (χ0v) is 10.5. The van der Waals surface area contributed by atoms with Crippen molar-refractivity contribution in [1.29, 1.82) is 0 Å². The van der Waals surface area contributed by atoms with Crippen LogP contribution in [0, 0.1) is 4.91 Å². The van der Waals surface area contributed by atoms with Crippen LogP contribution < -0.4 is 0 Å². The first-order valence-corrected chi connectivity index (χ1v) is 6.57. The molecule has 0 N–H and O–H groups in total. The Kier molecular flexibility index (Phi) is 6.38. The SMILES string of the molecule is CCCCCC1OC(CCCC)CN1N=O. The number of nitroso groups, excluding NO2 is 1. The average Bonchev–Trinajstić information content (AvgIpc) is 2.69. The van der Waals surface area contributed by atoms with Crippen molar-refractivity contribution in [2.45, 2.75) is 71.1 Å². The summed E-state index contributed by atoms with van der Waals surface area (Å²) in [7, 11) is 0. The van der Waals surface area contributed by atoms with Crippen molar-refractivity contribution in [1.82, 2.24) is 5.01 Å². The molecule has 1 aliphatic rings. The molecule has 1 rings (SSSR count). The summed E-state index contributed by atoms with van der Waals surface area (Å²) in [4.78, 5) is 10.7. The zero-order chi connectivity index (χ0) is 11.8. The fourth-order valence-corrected chi connectivity index (χ4v) is 2.12. The highest BCUT2D eigenvalue weighted by Crippen LogP contribution is 2.24. The van der Waals surface area contributed by atoms with E-state index in [-0.39, 0.29) is 12.3 Å². The lowest BCUT2D eigenvalue weighted by atomic mass is 10.2. The molecule has 1 heterocycles. The summed E-state index contributed by atoms with van der Waals surface area (Å²) in [6, 6.07) is 0. The standard InChI is InChI=1S/C12H24N2O2/c1-3-5-7-9-12-14(13-15)10-11(16-12)8-6-4-2/h11-12H,3-10H2,1-2H3. The molecular formula is C12H24N2O2. The van der Waals surface area contributed by atoms with Gasteiger partial charge in [-0.05, 0) is 19.3 Å². The maximum atomic E-state index is 10.7. The second kappa shape index (κ2) is 7.60. The van der Waals surface area contributed by atoms with E-state index in [9.17, 15) is 4.91 Å². The summed E-state index contributed by atoms with van der Waals surface area (Å²) in [5.74, 6) is 0. The van der Waals surface area contributed by atoms with Gasteiger partial charge in [0.25, 0.3) is 0 Å². The highest BCUT2D eigenvalue weighted by atomic mass is 16.5. The Hall–Kier alpha value is -0.640. The van der Waals surface area contributed by atoms with Crippen LogP contribution in [-0.4, -0.2) is 23.9 Å². The first-order valence-electron chi connectivity index (χ1n) is 6.57. The first kappa shape index (κ1) is 13.4. The van der Waals surface area contributed by atoms with Crippen LogP contribution in [0.15, 0.2) is 5.29 Å². The molecule has 0 spiro atoms. The summed E-state index contributed by atoms with van der Waals surface area (Å²) >= 11 is 0. The van der Waals surface area contributed by atoms with Crippen molar-refractivity contribution in [3.8, 4) is 0 Å². The van der Waals surface area contributed by atoms with E-state index in [1.165, 1.54) is 25.7 Å². The highest BCUT2D eigenvalue weighted by Gasteiger charge is 2.32. The number of hydrogen-bond donors (Lipinski definition) is 0. The predicted molar refractivity (Wildman–Crippen MR) is 64.8 cm³/mol. The highest BCUT2D eigenvalue weighted by molar-refractivity contribution is 4.75. The lowest BCUT2D eigenvalue weighted by molar-refractivity contribution is -0.00934. The fourth-order valence-electron chi connectivity index (χ4n) is 2.12. The molecule has 0 amide bonds. The molecule has 0 aromatic carbocycles. The average molecular weight is 228 g/mol. The molecule has 94 valence electrons. The van der Waals surface area contributed by atoms with Gasteiger partial charge in [-0.2, -0.15) is 0 Å². The van der Waals surface area contributed by atoms with E-state index >= 15 is 0 Å². The van der Waals surface area contributed by atoms with Crippen LogP contribution in [-0.2, 0) is 4.74 Å². The van der Waals surface area contributed by atoms with Gasteiger partial charge in [0.1, 0.15) is 6.23 Å². The quantitative estimate of drug-likeness (QED) is 0.472.